The van der Waals surface area contributed by atoms with E-state index < -0.39 is 51.3 Å². The van der Waals surface area contributed by atoms with Gasteiger partial charge in [-0.05, 0) is 78.6 Å². The molecule has 1 unspecified atom stereocenters. The number of fused-ring (bicyclic) bond motifs is 2. The molecular formula is C30H49N5O7S. The summed E-state index contributed by atoms with van der Waals surface area (Å²) in [6.07, 6.45) is 11.0. The van der Waals surface area contributed by atoms with Gasteiger partial charge in [-0.2, -0.15) is 12.7 Å². The Kier molecular flexibility index (Phi) is 10.5. The Balaban J connectivity index is 1.54. The fourth-order valence-electron chi connectivity index (χ4n) is 6.51. The molecule has 3 heterocycles. The number of carbonyl (C=O) groups is 4. The fraction of sp³-hybridized carbons (Fsp3) is 0.800. The molecule has 0 aromatic carbocycles. The summed E-state index contributed by atoms with van der Waals surface area (Å²) < 4.78 is 35.8. The van der Waals surface area contributed by atoms with Gasteiger partial charge in [-0.25, -0.2) is 9.52 Å². The van der Waals surface area contributed by atoms with E-state index in [0.717, 1.165) is 38.5 Å². The van der Waals surface area contributed by atoms with E-state index in [2.05, 4.69) is 15.4 Å². The molecule has 0 aromatic heterocycles. The van der Waals surface area contributed by atoms with Crippen molar-refractivity contribution < 1.29 is 32.3 Å². The Hall–Kier alpha value is -2.67. The molecule has 0 aromatic rings. The van der Waals surface area contributed by atoms with Gasteiger partial charge < -0.3 is 20.3 Å². The molecule has 0 bridgehead atoms. The molecule has 4 amide bonds. The van der Waals surface area contributed by atoms with Crippen molar-refractivity contribution in [2.45, 2.75) is 134 Å². The van der Waals surface area contributed by atoms with Gasteiger partial charge in [-0.1, -0.05) is 38.3 Å². The maximum Gasteiger partial charge on any atom is 0.408 e. The van der Waals surface area contributed by atoms with Gasteiger partial charge in [0.1, 0.15) is 23.2 Å². The molecule has 3 fully saturated rings. The van der Waals surface area contributed by atoms with Crippen LogP contribution in [0.15, 0.2) is 12.2 Å². The summed E-state index contributed by atoms with van der Waals surface area (Å²) >= 11 is 0. The molecular weight excluding hydrogens is 574 g/mol. The summed E-state index contributed by atoms with van der Waals surface area (Å²) in [6, 6.07) is -1.86. The average Bonchev–Trinajstić information content (AvgIpc) is 3.39. The minimum atomic E-state index is -4.10. The smallest absolute Gasteiger partial charge is 0.408 e. The molecule has 12 nitrogen and oxygen atoms in total. The monoisotopic (exact) mass is 623 g/mol. The van der Waals surface area contributed by atoms with E-state index in [-0.39, 0.29) is 24.3 Å². The van der Waals surface area contributed by atoms with Crippen molar-refractivity contribution in [3.8, 4) is 0 Å². The predicted octanol–water partition coefficient (Wildman–Crippen LogP) is 2.89. The fourth-order valence-corrected chi connectivity index (χ4v) is 8.06. The zero-order valence-corrected chi connectivity index (χ0v) is 26.8. The van der Waals surface area contributed by atoms with Gasteiger partial charge in [-0.15, -0.1) is 0 Å². The molecule has 13 heteroatoms. The Bertz CT molecular complexity index is 1200. The van der Waals surface area contributed by atoms with Crippen molar-refractivity contribution in [2.75, 3.05) is 13.1 Å². The third-order valence-electron chi connectivity index (χ3n) is 8.90. The van der Waals surface area contributed by atoms with Gasteiger partial charge in [-0.3, -0.25) is 14.4 Å². The van der Waals surface area contributed by atoms with Crippen molar-refractivity contribution >= 4 is 34.0 Å². The third kappa shape index (κ3) is 8.09. The molecule has 43 heavy (non-hydrogen) atoms. The van der Waals surface area contributed by atoms with Crippen LogP contribution < -0.4 is 15.4 Å². The lowest BCUT2D eigenvalue weighted by atomic mass is 10.0. The summed E-state index contributed by atoms with van der Waals surface area (Å²) in [5.74, 6) is -1.96. The summed E-state index contributed by atoms with van der Waals surface area (Å²) in [6.45, 7) is 7.86. The van der Waals surface area contributed by atoms with Crippen molar-refractivity contribution in [1.82, 2.24) is 24.6 Å². The topological polar surface area (TPSA) is 154 Å². The molecule has 4 rings (SSSR count). The number of rotatable bonds is 5. The van der Waals surface area contributed by atoms with E-state index in [9.17, 15) is 27.6 Å². The largest absolute Gasteiger partial charge is 0.444 e. The van der Waals surface area contributed by atoms with E-state index >= 15 is 0 Å². The van der Waals surface area contributed by atoms with Crippen molar-refractivity contribution in [3.63, 3.8) is 0 Å². The van der Waals surface area contributed by atoms with Gasteiger partial charge >= 0.3 is 16.3 Å². The summed E-state index contributed by atoms with van der Waals surface area (Å²) in [4.78, 5) is 55.2. The highest BCUT2D eigenvalue weighted by Crippen LogP contribution is 2.46. The Morgan fingerprint density at radius 2 is 1.79 bits per heavy atom. The lowest BCUT2D eigenvalue weighted by Gasteiger charge is -2.34. The molecule has 3 aliphatic heterocycles. The van der Waals surface area contributed by atoms with Crippen LogP contribution >= 0.6 is 0 Å². The summed E-state index contributed by atoms with van der Waals surface area (Å²) in [7, 11) is -4.10. The van der Waals surface area contributed by atoms with Crippen LogP contribution in [0.4, 0.5) is 4.79 Å². The zero-order chi connectivity index (χ0) is 31.4. The van der Waals surface area contributed by atoms with Crippen molar-refractivity contribution in [1.29, 1.82) is 0 Å². The highest BCUT2D eigenvalue weighted by molar-refractivity contribution is 7.87. The third-order valence-corrected chi connectivity index (χ3v) is 10.4. The second-order valence-electron chi connectivity index (χ2n) is 13.3. The molecule has 3 N–H and O–H groups in total. The number of allylic oxidation sites excluding steroid dienone is 1. The van der Waals surface area contributed by atoms with E-state index in [1.54, 1.807) is 20.8 Å². The van der Waals surface area contributed by atoms with Crippen LogP contribution in [0.25, 0.3) is 0 Å². The normalized spacial score (nSPS) is 31.1. The highest BCUT2D eigenvalue weighted by Gasteiger charge is 2.61. The molecule has 1 aliphatic carbocycles. The van der Waals surface area contributed by atoms with Crippen LogP contribution in [0.3, 0.4) is 0 Å². The first kappa shape index (κ1) is 33.2. The maximum absolute atomic E-state index is 13.7. The number of nitrogens with zero attached hydrogens (tertiary/aromatic N) is 2. The van der Waals surface area contributed by atoms with E-state index in [0.29, 0.717) is 45.2 Å². The van der Waals surface area contributed by atoms with Crippen molar-refractivity contribution in [3.05, 3.63) is 12.2 Å². The number of alkyl carbamates (subject to hydrolysis) is 1. The number of carbonyl (C=O) groups excluding carboxylic acids is 4. The van der Waals surface area contributed by atoms with Crippen LogP contribution in [0.5, 0.6) is 0 Å². The Labute approximate surface area is 255 Å². The predicted molar refractivity (Wildman–Crippen MR) is 161 cm³/mol. The average molecular weight is 624 g/mol. The minimum Gasteiger partial charge on any atom is -0.444 e. The number of amides is 4. The summed E-state index contributed by atoms with van der Waals surface area (Å²) in [5.41, 5.74) is -2.15. The number of nitrogens with one attached hydrogen (secondary N) is 3. The van der Waals surface area contributed by atoms with Crippen LogP contribution in [-0.4, -0.2) is 83.8 Å². The molecule has 242 valence electrons. The van der Waals surface area contributed by atoms with Gasteiger partial charge in [0.2, 0.25) is 11.8 Å². The van der Waals surface area contributed by atoms with E-state index in [1.165, 1.54) is 9.21 Å². The Morgan fingerprint density at radius 3 is 2.51 bits per heavy atom. The number of hydrogen-bond acceptors (Lipinski definition) is 7. The van der Waals surface area contributed by atoms with Gasteiger partial charge in [0.05, 0.1) is 0 Å². The van der Waals surface area contributed by atoms with Gasteiger partial charge in [0.25, 0.3) is 5.91 Å². The lowest BCUT2D eigenvalue weighted by molar-refractivity contribution is -0.141. The van der Waals surface area contributed by atoms with E-state index in [4.69, 9.17) is 4.74 Å². The van der Waals surface area contributed by atoms with Crippen LogP contribution in [-0.2, 0) is 29.3 Å². The van der Waals surface area contributed by atoms with Crippen LogP contribution in [0, 0.1) is 5.92 Å². The Morgan fingerprint density at radius 1 is 1.05 bits per heavy atom. The number of ether oxygens (including phenoxy) is 1. The second-order valence-corrected chi connectivity index (χ2v) is 15.0. The van der Waals surface area contributed by atoms with E-state index in [1.807, 2.05) is 19.1 Å². The van der Waals surface area contributed by atoms with Crippen LogP contribution in [0.1, 0.15) is 105 Å². The van der Waals surface area contributed by atoms with Gasteiger partial charge in [0.15, 0.2) is 0 Å². The van der Waals surface area contributed by atoms with Crippen LogP contribution in [0.2, 0.25) is 0 Å². The zero-order valence-electron chi connectivity index (χ0n) is 26.0. The maximum atomic E-state index is 13.7. The second kappa shape index (κ2) is 13.5. The van der Waals surface area contributed by atoms with Gasteiger partial charge in [0, 0.05) is 25.0 Å². The van der Waals surface area contributed by atoms with Crippen molar-refractivity contribution in [2.24, 2.45) is 5.92 Å². The SMILES string of the molecule is CCC1CCCCN1S(=O)(=O)NC(=O)[C@@]12C[C@H]1C=CCCCCC[C@H](NC(=O)OC(C)(C)C)C(=O)N1CCC[C@H]1C(=O)N2. The molecule has 2 saturated heterocycles. The standard InChI is InChI=1S/C30H49N5O7S/c1-5-22-15-11-12-19-35(22)43(40,41)33-27(38)30-20-21(30)14-9-7-6-8-10-16-23(31-28(39)42-29(2,3)4)26(37)34-18-13-17-24(34)25(36)32-30/h9,14,21-24H,5-8,10-13,15-20H2,1-4H3,(H,31,39)(H,32,36)(H,33,38)/t21-,22?,23+,24+,30-/m1/s1. The molecule has 0 spiro atoms. The first-order chi connectivity index (χ1) is 20.3. The first-order valence-electron chi connectivity index (χ1n) is 15.9. The molecule has 1 saturated carbocycles. The number of hydrogen-bond donors (Lipinski definition) is 3. The summed E-state index contributed by atoms with van der Waals surface area (Å²) in [5, 5.41) is 5.59. The molecule has 5 atom stereocenters. The molecule has 0 radical (unpaired) electrons. The highest BCUT2D eigenvalue weighted by atomic mass is 32.2. The lowest BCUT2D eigenvalue weighted by Crippen LogP contribution is -2.59. The number of piperidine rings is 1. The first-order valence-corrected chi connectivity index (χ1v) is 17.3. The minimum absolute atomic E-state index is 0.172. The quantitative estimate of drug-likeness (QED) is 0.398. The molecule has 4 aliphatic rings.